The van der Waals surface area contributed by atoms with E-state index in [2.05, 4.69) is 186 Å². The van der Waals surface area contributed by atoms with E-state index in [0.717, 1.165) is 51.2 Å². The summed E-state index contributed by atoms with van der Waals surface area (Å²) >= 11 is 0. The third-order valence-electron chi connectivity index (χ3n) is 12.3. The van der Waals surface area contributed by atoms with E-state index >= 15 is 0 Å². The lowest BCUT2D eigenvalue weighted by molar-refractivity contribution is 0.622. The first-order chi connectivity index (χ1) is 27.3. The van der Waals surface area contributed by atoms with Crippen LogP contribution in [0.2, 0.25) is 0 Å². The lowest BCUT2D eigenvalue weighted by atomic mass is 9.67. The lowest BCUT2D eigenvalue weighted by Gasteiger charge is -2.34. The summed E-state index contributed by atoms with van der Waals surface area (Å²) in [5, 5.41) is 8.43. The molecule has 55 heavy (non-hydrogen) atoms. The highest BCUT2D eigenvalue weighted by Crippen LogP contribution is 2.58. The van der Waals surface area contributed by atoms with E-state index in [4.69, 9.17) is 9.41 Å². The van der Waals surface area contributed by atoms with Crippen LogP contribution in [0.25, 0.3) is 45.2 Å². The number of benzene rings is 6. The van der Waals surface area contributed by atoms with Crippen molar-refractivity contribution in [1.82, 2.24) is 4.57 Å². The van der Waals surface area contributed by atoms with Gasteiger partial charge in [0.05, 0.1) is 21.8 Å². The zero-order valence-electron chi connectivity index (χ0n) is 30.0. The van der Waals surface area contributed by atoms with Gasteiger partial charge >= 0.3 is 0 Å². The maximum atomic E-state index is 6.74. The Bertz CT molecular complexity index is 3070. The molecule has 6 aromatic carbocycles. The van der Waals surface area contributed by atoms with Crippen LogP contribution in [0.1, 0.15) is 45.8 Å². The van der Waals surface area contributed by atoms with E-state index in [9.17, 15) is 0 Å². The van der Waals surface area contributed by atoms with Crippen LogP contribution in [0.4, 0.5) is 5.88 Å². The first kappa shape index (κ1) is 30.5. The Morgan fingerprint density at radius 1 is 0.691 bits per heavy atom. The molecular formula is C51H35N3O. The molecule has 0 fully saturated rings. The fourth-order valence-electron chi connectivity index (χ4n) is 10.0. The van der Waals surface area contributed by atoms with Gasteiger partial charge in [0.2, 0.25) is 11.8 Å². The van der Waals surface area contributed by atoms with Crippen LogP contribution in [-0.4, -0.2) is 10.5 Å². The molecule has 0 saturated heterocycles. The summed E-state index contributed by atoms with van der Waals surface area (Å²) in [4.78, 5) is 5.81. The number of anilines is 1. The third-order valence-corrected chi connectivity index (χ3v) is 12.3. The van der Waals surface area contributed by atoms with Gasteiger partial charge in [0, 0.05) is 21.9 Å². The zero-order valence-corrected chi connectivity index (χ0v) is 30.0. The van der Waals surface area contributed by atoms with Crippen molar-refractivity contribution in [3.8, 4) is 11.1 Å². The van der Waals surface area contributed by atoms with Crippen LogP contribution in [0.5, 0.6) is 0 Å². The second kappa shape index (κ2) is 11.5. The summed E-state index contributed by atoms with van der Waals surface area (Å²) in [6.07, 6.45) is 12.5. The number of aromatic nitrogens is 1. The van der Waals surface area contributed by atoms with E-state index in [0.29, 0.717) is 5.92 Å². The summed E-state index contributed by atoms with van der Waals surface area (Å²) in [7, 11) is 0. The Balaban J connectivity index is 1.17. The van der Waals surface area contributed by atoms with Gasteiger partial charge in [0.15, 0.2) is 0 Å². The molecule has 260 valence electrons. The Labute approximate surface area is 318 Å². The first-order valence-electron chi connectivity index (χ1n) is 19.2. The second-order valence-corrected chi connectivity index (χ2v) is 15.0. The molecule has 12 rings (SSSR count). The number of para-hydroxylation sites is 2. The number of hydrogen-bond acceptors (Lipinski definition) is 3. The third kappa shape index (κ3) is 4.19. The van der Waals surface area contributed by atoms with Crippen molar-refractivity contribution in [2.75, 3.05) is 5.32 Å². The molecule has 4 aliphatic rings. The molecule has 4 nitrogen and oxygen atoms in total. The highest BCUT2D eigenvalue weighted by atomic mass is 16.4. The Kier molecular flexibility index (Phi) is 6.41. The van der Waals surface area contributed by atoms with Crippen LogP contribution in [0, 0.1) is 5.92 Å². The minimum Gasteiger partial charge on any atom is -0.440 e. The van der Waals surface area contributed by atoms with Crippen molar-refractivity contribution < 1.29 is 4.42 Å². The average Bonchev–Trinajstić information content (AvgIpc) is 3.89. The average molecular weight is 706 g/mol. The van der Waals surface area contributed by atoms with Crippen LogP contribution in [0.3, 0.4) is 0 Å². The molecule has 2 aromatic heterocycles. The summed E-state index contributed by atoms with van der Waals surface area (Å²) in [5.41, 5.74) is 12.5. The Morgan fingerprint density at radius 3 is 2.24 bits per heavy atom. The molecule has 8 aromatic rings. The zero-order chi connectivity index (χ0) is 36.1. The topological polar surface area (TPSA) is 42.5 Å². The minimum atomic E-state index is -0.510. The van der Waals surface area contributed by atoms with Gasteiger partial charge in [-0.25, -0.2) is 4.99 Å². The van der Waals surface area contributed by atoms with E-state index in [-0.39, 0.29) is 6.04 Å². The molecular weight excluding hydrogens is 671 g/mol. The van der Waals surface area contributed by atoms with Crippen molar-refractivity contribution in [3.63, 3.8) is 0 Å². The van der Waals surface area contributed by atoms with E-state index in [1.165, 1.54) is 49.6 Å². The maximum Gasteiger partial charge on any atom is 0.211 e. The first-order valence-corrected chi connectivity index (χ1v) is 19.2. The molecule has 1 aliphatic heterocycles. The fraction of sp³-hybridized carbons (Fsp3) is 0.0784. The van der Waals surface area contributed by atoms with Crippen molar-refractivity contribution >= 4 is 45.9 Å². The molecule has 0 amide bonds. The molecule has 3 aliphatic carbocycles. The number of furan rings is 1. The minimum absolute atomic E-state index is 0.353. The van der Waals surface area contributed by atoms with Crippen LogP contribution >= 0.6 is 0 Å². The van der Waals surface area contributed by atoms with Crippen molar-refractivity contribution in [2.24, 2.45) is 10.9 Å². The number of fused-ring (bicyclic) bond motifs is 10. The second-order valence-electron chi connectivity index (χ2n) is 15.0. The Hall–Kier alpha value is -6.91. The highest BCUT2D eigenvalue weighted by Gasteiger charge is 2.47. The van der Waals surface area contributed by atoms with Crippen molar-refractivity contribution in [3.05, 3.63) is 219 Å². The molecule has 0 saturated carbocycles. The SMILES string of the molecule is C1=CCC2C=c3c(n(C4=NC(c5cccc6c5-c5ccccc5C6(c5ccccc5)c5ccccc5)c5c(oc6ccccc56)N4)c4ccccc34)=CC2=C1. The van der Waals surface area contributed by atoms with Gasteiger partial charge in [-0.3, -0.25) is 9.88 Å². The monoisotopic (exact) mass is 705 g/mol. The quantitative estimate of drug-likeness (QED) is 0.199. The normalized spacial score (nSPS) is 18.5. The maximum absolute atomic E-state index is 6.74. The Morgan fingerprint density at radius 2 is 1.40 bits per heavy atom. The van der Waals surface area contributed by atoms with Crippen LogP contribution in [0.15, 0.2) is 185 Å². The number of hydrogen-bond donors (Lipinski definition) is 1. The summed E-state index contributed by atoms with van der Waals surface area (Å²) in [6.45, 7) is 0. The highest BCUT2D eigenvalue weighted by molar-refractivity contribution is 6.06. The summed E-state index contributed by atoms with van der Waals surface area (Å²) in [5.74, 6) is 1.86. The molecule has 0 spiro atoms. The summed E-state index contributed by atoms with van der Waals surface area (Å²) < 4.78 is 9.05. The molecule has 2 atom stereocenters. The van der Waals surface area contributed by atoms with Crippen molar-refractivity contribution in [1.29, 1.82) is 0 Å². The number of aliphatic imine (C=N–C) groups is 1. The smallest absolute Gasteiger partial charge is 0.211 e. The predicted octanol–water partition coefficient (Wildman–Crippen LogP) is 10.2. The molecule has 0 radical (unpaired) electrons. The van der Waals surface area contributed by atoms with E-state index in [1.54, 1.807) is 0 Å². The number of rotatable bonds is 3. The van der Waals surface area contributed by atoms with Crippen molar-refractivity contribution in [2.45, 2.75) is 17.9 Å². The molecule has 2 unspecified atom stereocenters. The predicted molar refractivity (Wildman–Crippen MR) is 224 cm³/mol. The van der Waals surface area contributed by atoms with Crippen LogP contribution in [-0.2, 0) is 5.41 Å². The number of nitrogens with one attached hydrogen (secondary N) is 1. The van der Waals surface area contributed by atoms with Crippen LogP contribution < -0.4 is 15.9 Å². The van der Waals surface area contributed by atoms with Gasteiger partial charge in [-0.2, -0.15) is 0 Å². The van der Waals surface area contributed by atoms with Gasteiger partial charge in [-0.1, -0.05) is 164 Å². The summed E-state index contributed by atoms with van der Waals surface area (Å²) in [6, 6.07) is 54.6. The largest absolute Gasteiger partial charge is 0.440 e. The van der Waals surface area contributed by atoms with Gasteiger partial charge < -0.3 is 4.42 Å². The molecule has 4 heteroatoms. The number of nitrogens with zero attached hydrogens (tertiary/aromatic N) is 2. The molecule has 0 bridgehead atoms. The standard InChI is InChI=1S/C51H35N3O/c1-3-18-34(19-4-1)51(35-20-5-2-6-21-35)41-26-12-9-23-37(41)46-39(25-15-27-42(46)51)48-47-38-24-11-14-29-45(38)55-49(47)53-50(52-48)54-43-28-13-10-22-36(43)40-30-32-16-7-8-17-33(32)31-44(40)54/h1-15,17-32,48H,16H2,(H,52,53). The lowest BCUT2D eigenvalue weighted by Crippen LogP contribution is -2.40. The molecule has 1 N–H and O–H groups in total. The molecule has 3 heterocycles. The fourth-order valence-corrected chi connectivity index (χ4v) is 10.0. The van der Waals surface area contributed by atoms with Gasteiger partial charge in [-0.15, -0.1) is 0 Å². The van der Waals surface area contributed by atoms with Gasteiger partial charge in [0.25, 0.3) is 0 Å². The van der Waals surface area contributed by atoms with E-state index < -0.39 is 5.41 Å². The van der Waals surface area contributed by atoms with Gasteiger partial charge in [-0.05, 0) is 69.1 Å². The van der Waals surface area contributed by atoms with Gasteiger partial charge in [0.1, 0.15) is 11.6 Å². The van der Waals surface area contributed by atoms with E-state index in [1.807, 2.05) is 6.07 Å². The number of allylic oxidation sites excluding steroid dienone is 4.